The molecular weight excluding hydrogens is 272 g/mol. The molecule has 4 rings (SSSR count). The minimum absolute atomic E-state index is 0.315. The van der Waals surface area contributed by atoms with Crippen molar-refractivity contribution >= 4 is 11.8 Å². The molecule has 0 unspecified atom stereocenters. The van der Waals surface area contributed by atoms with Crippen molar-refractivity contribution in [2.24, 2.45) is 0 Å². The molecule has 2 heterocycles. The standard InChI is InChI=1S/C18H16N4/c19-18-21-16(15-10-11-20-17(15)22-18)14-8-6-13(7-9-14)12-4-2-1-3-5-12/h1-9H,10-11H2,(H3,19,20,21,22). The third kappa shape index (κ3) is 2.19. The van der Waals surface area contributed by atoms with Crippen LogP contribution >= 0.6 is 0 Å². The molecule has 108 valence electrons. The summed E-state index contributed by atoms with van der Waals surface area (Å²) in [4.78, 5) is 8.70. The van der Waals surface area contributed by atoms with Crippen molar-refractivity contribution < 1.29 is 0 Å². The van der Waals surface area contributed by atoms with Gasteiger partial charge < -0.3 is 11.1 Å². The van der Waals surface area contributed by atoms with Gasteiger partial charge in [-0.3, -0.25) is 0 Å². The van der Waals surface area contributed by atoms with Crippen molar-refractivity contribution in [2.45, 2.75) is 6.42 Å². The number of fused-ring (bicyclic) bond motifs is 1. The molecule has 0 atom stereocenters. The molecule has 1 aliphatic rings. The fraction of sp³-hybridized carbons (Fsp3) is 0.111. The van der Waals surface area contributed by atoms with Gasteiger partial charge in [0, 0.05) is 17.7 Å². The maximum atomic E-state index is 5.83. The Kier molecular flexibility index (Phi) is 3.00. The van der Waals surface area contributed by atoms with Gasteiger partial charge in [0.05, 0.1) is 5.69 Å². The maximum Gasteiger partial charge on any atom is 0.222 e. The van der Waals surface area contributed by atoms with Crippen LogP contribution in [0.25, 0.3) is 22.4 Å². The molecule has 0 radical (unpaired) electrons. The van der Waals surface area contributed by atoms with Gasteiger partial charge in [0.2, 0.25) is 5.95 Å². The first-order valence-electron chi connectivity index (χ1n) is 7.37. The number of anilines is 2. The van der Waals surface area contributed by atoms with Gasteiger partial charge in [-0.25, -0.2) is 4.98 Å². The summed E-state index contributed by atoms with van der Waals surface area (Å²) >= 11 is 0. The molecule has 1 aliphatic heterocycles. The number of hydrogen-bond donors (Lipinski definition) is 2. The molecule has 2 aromatic carbocycles. The number of benzene rings is 2. The van der Waals surface area contributed by atoms with Gasteiger partial charge in [0.1, 0.15) is 5.82 Å². The Labute approximate surface area is 129 Å². The van der Waals surface area contributed by atoms with Crippen LogP contribution in [0.5, 0.6) is 0 Å². The first kappa shape index (κ1) is 12.8. The first-order chi connectivity index (χ1) is 10.8. The zero-order chi connectivity index (χ0) is 14.9. The van der Waals surface area contributed by atoms with E-state index in [1.807, 2.05) is 18.2 Å². The van der Waals surface area contributed by atoms with E-state index in [9.17, 15) is 0 Å². The van der Waals surface area contributed by atoms with Gasteiger partial charge in [0.15, 0.2) is 0 Å². The Balaban J connectivity index is 1.76. The zero-order valence-electron chi connectivity index (χ0n) is 12.1. The van der Waals surface area contributed by atoms with Crippen LogP contribution in [0.3, 0.4) is 0 Å². The number of aromatic nitrogens is 2. The molecule has 3 aromatic rings. The van der Waals surface area contributed by atoms with Crippen LogP contribution < -0.4 is 11.1 Å². The molecule has 1 aromatic heterocycles. The third-order valence-electron chi connectivity index (χ3n) is 3.96. The topological polar surface area (TPSA) is 63.8 Å². The summed E-state index contributed by atoms with van der Waals surface area (Å²) in [5.74, 6) is 1.19. The predicted octanol–water partition coefficient (Wildman–Crippen LogP) is 3.36. The molecule has 0 bridgehead atoms. The van der Waals surface area contributed by atoms with Crippen molar-refractivity contribution in [3.63, 3.8) is 0 Å². The zero-order valence-corrected chi connectivity index (χ0v) is 12.1. The minimum atomic E-state index is 0.315. The molecule has 0 saturated carbocycles. The second-order valence-electron chi connectivity index (χ2n) is 5.38. The van der Waals surface area contributed by atoms with E-state index >= 15 is 0 Å². The fourth-order valence-electron chi connectivity index (χ4n) is 2.88. The van der Waals surface area contributed by atoms with Crippen LogP contribution in [-0.2, 0) is 6.42 Å². The average Bonchev–Trinajstić information content (AvgIpc) is 3.03. The van der Waals surface area contributed by atoms with E-state index in [2.05, 4.69) is 51.7 Å². The number of rotatable bonds is 2. The monoisotopic (exact) mass is 288 g/mol. The second kappa shape index (κ2) is 5.15. The summed E-state index contributed by atoms with van der Waals surface area (Å²) in [6.45, 7) is 0.891. The molecule has 4 heteroatoms. The van der Waals surface area contributed by atoms with E-state index in [0.29, 0.717) is 5.95 Å². The number of nitrogen functional groups attached to an aromatic ring is 1. The van der Waals surface area contributed by atoms with Crippen molar-refractivity contribution in [1.29, 1.82) is 0 Å². The van der Waals surface area contributed by atoms with Crippen LogP contribution in [0.2, 0.25) is 0 Å². The summed E-state index contributed by atoms with van der Waals surface area (Å²) in [6.07, 6.45) is 0.936. The summed E-state index contributed by atoms with van der Waals surface area (Å²) in [5, 5.41) is 3.26. The smallest absolute Gasteiger partial charge is 0.222 e. The van der Waals surface area contributed by atoms with E-state index in [-0.39, 0.29) is 0 Å². The van der Waals surface area contributed by atoms with E-state index < -0.39 is 0 Å². The van der Waals surface area contributed by atoms with Gasteiger partial charge in [-0.1, -0.05) is 54.6 Å². The normalized spacial score (nSPS) is 12.7. The Morgan fingerprint density at radius 3 is 2.27 bits per heavy atom. The van der Waals surface area contributed by atoms with Crippen molar-refractivity contribution in [1.82, 2.24) is 9.97 Å². The van der Waals surface area contributed by atoms with Crippen LogP contribution in [0, 0.1) is 0 Å². The van der Waals surface area contributed by atoms with Crippen molar-refractivity contribution in [3.8, 4) is 22.4 Å². The lowest BCUT2D eigenvalue weighted by Crippen LogP contribution is -2.01. The largest absolute Gasteiger partial charge is 0.369 e. The Hall–Kier alpha value is -2.88. The lowest BCUT2D eigenvalue weighted by Gasteiger charge is -2.09. The lowest BCUT2D eigenvalue weighted by atomic mass is 10.0. The quantitative estimate of drug-likeness (QED) is 0.759. The highest BCUT2D eigenvalue weighted by molar-refractivity contribution is 5.74. The molecule has 0 spiro atoms. The van der Waals surface area contributed by atoms with Gasteiger partial charge in [-0.15, -0.1) is 0 Å². The van der Waals surface area contributed by atoms with Gasteiger partial charge in [-0.2, -0.15) is 4.98 Å². The lowest BCUT2D eigenvalue weighted by molar-refractivity contribution is 1.09. The minimum Gasteiger partial charge on any atom is -0.369 e. The molecule has 22 heavy (non-hydrogen) atoms. The van der Waals surface area contributed by atoms with Crippen LogP contribution in [-0.4, -0.2) is 16.5 Å². The highest BCUT2D eigenvalue weighted by atomic mass is 15.1. The molecule has 3 N–H and O–H groups in total. The van der Waals surface area contributed by atoms with E-state index in [1.165, 1.54) is 11.1 Å². The second-order valence-corrected chi connectivity index (χ2v) is 5.38. The number of nitrogens with zero attached hydrogens (tertiary/aromatic N) is 2. The summed E-state index contributed by atoms with van der Waals surface area (Å²) in [7, 11) is 0. The summed E-state index contributed by atoms with van der Waals surface area (Å²) in [6, 6.07) is 18.8. The molecule has 4 nitrogen and oxygen atoms in total. The van der Waals surface area contributed by atoms with E-state index in [4.69, 9.17) is 5.73 Å². The van der Waals surface area contributed by atoms with E-state index in [1.54, 1.807) is 0 Å². The number of nitrogens with one attached hydrogen (secondary N) is 1. The van der Waals surface area contributed by atoms with Gasteiger partial charge >= 0.3 is 0 Å². The van der Waals surface area contributed by atoms with Gasteiger partial charge in [0.25, 0.3) is 0 Å². The van der Waals surface area contributed by atoms with Crippen LogP contribution in [0.1, 0.15) is 5.56 Å². The van der Waals surface area contributed by atoms with E-state index in [0.717, 1.165) is 35.6 Å². The average molecular weight is 288 g/mol. The predicted molar refractivity (Wildman–Crippen MR) is 89.5 cm³/mol. The molecular formula is C18H16N4. The Bertz CT molecular complexity index is 810. The molecule has 0 amide bonds. The maximum absolute atomic E-state index is 5.83. The first-order valence-corrected chi connectivity index (χ1v) is 7.37. The summed E-state index contributed by atoms with van der Waals surface area (Å²) < 4.78 is 0. The van der Waals surface area contributed by atoms with Crippen molar-refractivity contribution in [2.75, 3.05) is 17.6 Å². The Morgan fingerprint density at radius 2 is 1.50 bits per heavy atom. The highest BCUT2D eigenvalue weighted by Crippen LogP contribution is 2.32. The summed E-state index contributed by atoms with van der Waals surface area (Å²) in [5.41, 5.74) is 11.4. The van der Waals surface area contributed by atoms with Crippen LogP contribution in [0.15, 0.2) is 54.6 Å². The fourth-order valence-corrected chi connectivity index (χ4v) is 2.88. The highest BCUT2D eigenvalue weighted by Gasteiger charge is 2.19. The third-order valence-corrected chi connectivity index (χ3v) is 3.96. The molecule has 0 saturated heterocycles. The van der Waals surface area contributed by atoms with Gasteiger partial charge in [-0.05, 0) is 17.5 Å². The molecule has 0 fully saturated rings. The number of nitrogens with two attached hydrogens (primary N) is 1. The number of hydrogen-bond acceptors (Lipinski definition) is 4. The molecule has 0 aliphatic carbocycles. The van der Waals surface area contributed by atoms with Crippen molar-refractivity contribution in [3.05, 3.63) is 60.2 Å². The SMILES string of the molecule is Nc1nc2c(c(-c3ccc(-c4ccccc4)cc3)n1)CCN2. The van der Waals surface area contributed by atoms with Crippen LogP contribution in [0.4, 0.5) is 11.8 Å². The Morgan fingerprint density at radius 1 is 0.818 bits per heavy atom.